The van der Waals surface area contributed by atoms with Crippen LogP contribution in [0.4, 0.5) is 5.69 Å². The van der Waals surface area contributed by atoms with Crippen LogP contribution in [0.5, 0.6) is 0 Å². The molecule has 0 unspecified atom stereocenters. The molecule has 24 heavy (non-hydrogen) atoms. The van der Waals surface area contributed by atoms with Crippen molar-refractivity contribution in [1.82, 2.24) is 10.2 Å². The summed E-state index contributed by atoms with van der Waals surface area (Å²) in [5.74, 6) is 0. The highest BCUT2D eigenvalue weighted by Crippen LogP contribution is 2.27. The normalized spacial score (nSPS) is 15.4. The van der Waals surface area contributed by atoms with Crippen LogP contribution in [-0.2, 0) is 0 Å². The van der Waals surface area contributed by atoms with Crippen molar-refractivity contribution in [3.63, 3.8) is 0 Å². The van der Waals surface area contributed by atoms with Crippen LogP contribution >= 0.6 is 0 Å². The highest BCUT2D eigenvalue weighted by Gasteiger charge is 2.12. The zero-order valence-electron chi connectivity index (χ0n) is 13.7. The fourth-order valence-corrected chi connectivity index (χ4v) is 3.49. The maximum atomic E-state index is 11.9. The Morgan fingerprint density at radius 1 is 0.833 bits per heavy atom. The molecule has 4 heteroatoms. The summed E-state index contributed by atoms with van der Waals surface area (Å²) in [6, 6.07) is 16.2. The van der Waals surface area contributed by atoms with Crippen molar-refractivity contribution in [3.8, 4) is 11.3 Å². The summed E-state index contributed by atoms with van der Waals surface area (Å²) in [5.41, 5.74) is 2.98. The summed E-state index contributed by atoms with van der Waals surface area (Å²) in [4.78, 5) is 14.4. The third-order valence-corrected chi connectivity index (χ3v) is 4.81. The van der Waals surface area contributed by atoms with Gasteiger partial charge in [-0.25, -0.2) is 5.10 Å². The Morgan fingerprint density at radius 2 is 1.50 bits per heavy atom. The van der Waals surface area contributed by atoms with E-state index in [-0.39, 0.29) is 5.56 Å². The fourth-order valence-electron chi connectivity index (χ4n) is 3.49. The molecule has 3 aromatic rings. The highest BCUT2D eigenvalue weighted by atomic mass is 16.1. The van der Waals surface area contributed by atoms with Gasteiger partial charge in [-0.2, -0.15) is 5.10 Å². The van der Waals surface area contributed by atoms with Gasteiger partial charge >= 0.3 is 0 Å². The zero-order valence-corrected chi connectivity index (χ0v) is 13.7. The summed E-state index contributed by atoms with van der Waals surface area (Å²) < 4.78 is 0. The summed E-state index contributed by atoms with van der Waals surface area (Å²) in [7, 11) is 0. The van der Waals surface area contributed by atoms with Gasteiger partial charge in [0.1, 0.15) is 0 Å². The smallest absolute Gasteiger partial charge is 0.272 e. The van der Waals surface area contributed by atoms with Crippen molar-refractivity contribution in [1.29, 1.82) is 0 Å². The first-order valence-corrected chi connectivity index (χ1v) is 8.66. The number of rotatable bonds is 2. The molecule has 1 saturated heterocycles. The maximum Gasteiger partial charge on any atom is 0.272 e. The molecule has 0 bridgehead atoms. The van der Waals surface area contributed by atoms with Crippen LogP contribution < -0.4 is 10.5 Å². The molecule has 0 radical (unpaired) electrons. The number of aromatic nitrogens is 2. The first-order chi connectivity index (χ1) is 11.8. The lowest BCUT2D eigenvalue weighted by atomic mass is 10.0. The Hall–Kier alpha value is -2.62. The second-order valence-corrected chi connectivity index (χ2v) is 6.40. The van der Waals surface area contributed by atoms with Gasteiger partial charge in [0.05, 0.1) is 11.1 Å². The van der Waals surface area contributed by atoms with E-state index in [2.05, 4.69) is 39.4 Å². The molecule has 0 amide bonds. The van der Waals surface area contributed by atoms with E-state index in [1.54, 1.807) is 0 Å². The summed E-state index contributed by atoms with van der Waals surface area (Å²) in [5, 5.41) is 8.47. The van der Waals surface area contributed by atoms with Gasteiger partial charge < -0.3 is 4.90 Å². The molecule has 1 fully saturated rings. The van der Waals surface area contributed by atoms with E-state index in [4.69, 9.17) is 0 Å². The molecule has 0 spiro atoms. The van der Waals surface area contributed by atoms with Crippen LogP contribution in [0.1, 0.15) is 25.7 Å². The van der Waals surface area contributed by atoms with Crippen LogP contribution in [0.25, 0.3) is 22.0 Å². The van der Waals surface area contributed by atoms with Crippen molar-refractivity contribution in [2.45, 2.75) is 25.7 Å². The van der Waals surface area contributed by atoms with Gasteiger partial charge in [-0.3, -0.25) is 4.79 Å². The molecule has 1 aliphatic rings. The number of fused-ring (bicyclic) bond motifs is 1. The van der Waals surface area contributed by atoms with Gasteiger partial charge in [-0.05, 0) is 31.0 Å². The van der Waals surface area contributed by atoms with E-state index in [0.29, 0.717) is 5.39 Å². The van der Waals surface area contributed by atoms with Crippen molar-refractivity contribution in [3.05, 3.63) is 58.9 Å². The molecule has 1 N–H and O–H groups in total. The number of nitrogens with zero attached hydrogens (tertiary/aromatic N) is 2. The Labute approximate surface area is 141 Å². The highest BCUT2D eigenvalue weighted by molar-refractivity contribution is 5.93. The van der Waals surface area contributed by atoms with Gasteiger partial charge in [0.2, 0.25) is 0 Å². The van der Waals surface area contributed by atoms with E-state index in [1.165, 1.54) is 31.4 Å². The second kappa shape index (κ2) is 6.48. The predicted octanol–water partition coefficient (Wildman–Crippen LogP) is 3.97. The second-order valence-electron chi connectivity index (χ2n) is 6.40. The van der Waals surface area contributed by atoms with Gasteiger partial charge in [0.15, 0.2) is 0 Å². The SMILES string of the molecule is O=c1[nH]nc(-c2ccc(N3CCCCCC3)cc2)c2ccccc12. The lowest BCUT2D eigenvalue weighted by Crippen LogP contribution is -2.23. The Morgan fingerprint density at radius 3 is 2.21 bits per heavy atom. The quantitative estimate of drug-likeness (QED) is 0.777. The molecule has 0 saturated carbocycles. The lowest BCUT2D eigenvalue weighted by Gasteiger charge is -2.22. The van der Waals surface area contributed by atoms with E-state index in [9.17, 15) is 4.79 Å². The first-order valence-electron chi connectivity index (χ1n) is 8.66. The molecule has 122 valence electrons. The van der Waals surface area contributed by atoms with E-state index >= 15 is 0 Å². The topological polar surface area (TPSA) is 49.0 Å². The van der Waals surface area contributed by atoms with E-state index < -0.39 is 0 Å². The minimum Gasteiger partial charge on any atom is -0.372 e. The Kier molecular flexibility index (Phi) is 4.03. The number of hydrogen-bond acceptors (Lipinski definition) is 3. The number of nitrogens with one attached hydrogen (secondary N) is 1. The Bertz CT molecular complexity index is 891. The van der Waals surface area contributed by atoms with Crippen LogP contribution in [0.2, 0.25) is 0 Å². The average Bonchev–Trinajstić information content (AvgIpc) is 2.92. The molecule has 4 nitrogen and oxygen atoms in total. The third kappa shape index (κ3) is 2.80. The molecule has 0 atom stereocenters. The lowest BCUT2D eigenvalue weighted by molar-refractivity contribution is 0.726. The summed E-state index contributed by atoms with van der Waals surface area (Å²) in [6.07, 6.45) is 5.21. The minimum absolute atomic E-state index is 0.143. The van der Waals surface area contributed by atoms with E-state index in [1.807, 2.05) is 24.3 Å². The number of H-pyrrole nitrogens is 1. The molecule has 0 aliphatic carbocycles. The molecule has 2 heterocycles. The average molecular weight is 319 g/mol. The van der Waals surface area contributed by atoms with Gasteiger partial charge in [0.25, 0.3) is 5.56 Å². The van der Waals surface area contributed by atoms with Crippen molar-refractivity contribution >= 4 is 16.5 Å². The van der Waals surface area contributed by atoms with Crippen LogP contribution in [0, 0.1) is 0 Å². The summed E-state index contributed by atoms with van der Waals surface area (Å²) in [6.45, 7) is 2.28. The largest absolute Gasteiger partial charge is 0.372 e. The van der Waals surface area contributed by atoms with Crippen LogP contribution in [-0.4, -0.2) is 23.3 Å². The van der Waals surface area contributed by atoms with E-state index in [0.717, 1.165) is 29.7 Å². The van der Waals surface area contributed by atoms with Crippen molar-refractivity contribution in [2.75, 3.05) is 18.0 Å². The zero-order chi connectivity index (χ0) is 16.4. The minimum atomic E-state index is -0.143. The fraction of sp³-hybridized carbons (Fsp3) is 0.300. The summed E-state index contributed by atoms with van der Waals surface area (Å²) >= 11 is 0. The monoisotopic (exact) mass is 319 g/mol. The third-order valence-electron chi connectivity index (χ3n) is 4.81. The molecular formula is C20H21N3O. The first kappa shape index (κ1) is 14.9. The van der Waals surface area contributed by atoms with Crippen LogP contribution in [0.15, 0.2) is 53.3 Å². The Balaban J connectivity index is 1.71. The van der Waals surface area contributed by atoms with Gasteiger partial charge in [-0.1, -0.05) is 43.2 Å². The number of benzene rings is 2. The maximum absolute atomic E-state index is 11.9. The van der Waals surface area contributed by atoms with Crippen LogP contribution in [0.3, 0.4) is 0 Å². The van der Waals surface area contributed by atoms with Gasteiger partial charge in [-0.15, -0.1) is 0 Å². The number of anilines is 1. The number of aromatic amines is 1. The predicted molar refractivity (Wildman–Crippen MR) is 98.5 cm³/mol. The van der Waals surface area contributed by atoms with Crippen molar-refractivity contribution < 1.29 is 0 Å². The molecule has 1 aliphatic heterocycles. The number of hydrogen-bond donors (Lipinski definition) is 1. The standard InChI is InChI=1S/C20H21N3O/c24-20-18-8-4-3-7-17(18)19(21-22-20)15-9-11-16(12-10-15)23-13-5-1-2-6-14-23/h3-4,7-12H,1-2,5-6,13-14H2,(H,22,24). The van der Waals surface area contributed by atoms with Gasteiger partial charge in [0, 0.05) is 29.7 Å². The van der Waals surface area contributed by atoms with Crippen molar-refractivity contribution in [2.24, 2.45) is 0 Å². The molecule has 4 rings (SSSR count). The molecular weight excluding hydrogens is 298 g/mol. The molecule has 1 aromatic heterocycles. The molecule has 2 aromatic carbocycles.